The first-order chi connectivity index (χ1) is 10.0. The summed E-state index contributed by atoms with van der Waals surface area (Å²) in [6, 6.07) is 6.13. The van der Waals surface area contributed by atoms with Gasteiger partial charge in [-0.25, -0.2) is 5.43 Å². The molecule has 0 saturated carbocycles. The summed E-state index contributed by atoms with van der Waals surface area (Å²) in [7, 11) is 1.68. The zero-order chi connectivity index (χ0) is 15.4. The van der Waals surface area contributed by atoms with Crippen molar-refractivity contribution in [1.82, 2.24) is 5.43 Å². The van der Waals surface area contributed by atoms with Gasteiger partial charge in [0, 0.05) is 17.2 Å². The molecule has 2 rings (SSSR count). The Balaban J connectivity index is 2.29. The number of ether oxygens (including phenoxy) is 1. The van der Waals surface area contributed by atoms with Crippen LogP contribution in [0.2, 0.25) is 0 Å². The number of amides is 1. The van der Waals surface area contributed by atoms with Gasteiger partial charge in [0.25, 0.3) is 0 Å². The summed E-state index contributed by atoms with van der Waals surface area (Å²) in [4.78, 5) is 12.4. The van der Waals surface area contributed by atoms with Gasteiger partial charge >= 0.3 is 0 Å². The summed E-state index contributed by atoms with van der Waals surface area (Å²) in [6.45, 7) is 4.07. The van der Waals surface area contributed by atoms with Crippen LogP contribution in [-0.2, 0) is 4.79 Å². The van der Waals surface area contributed by atoms with Gasteiger partial charge in [0.15, 0.2) is 0 Å². The van der Waals surface area contributed by atoms with Crippen LogP contribution in [0.25, 0.3) is 5.57 Å². The van der Waals surface area contributed by atoms with Crippen LogP contribution in [0.4, 0.5) is 0 Å². The summed E-state index contributed by atoms with van der Waals surface area (Å²) in [6.07, 6.45) is 4.56. The van der Waals surface area contributed by atoms with Crippen molar-refractivity contribution < 1.29 is 9.53 Å². The van der Waals surface area contributed by atoms with E-state index in [1.807, 2.05) is 31.4 Å². The molecule has 112 valence electrons. The lowest BCUT2D eigenvalue weighted by Crippen LogP contribution is -2.30. The van der Waals surface area contributed by atoms with E-state index in [2.05, 4.69) is 23.5 Å². The van der Waals surface area contributed by atoms with Crippen LogP contribution in [0, 0.1) is 5.92 Å². The Morgan fingerprint density at radius 1 is 1.52 bits per heavy atom. The average molecular weight is 304 g/mol. The van der Waals surface area contributed by atoms with Crippen molar-refractivity contribution in [3.05, 3.63) is 29.8 Å². The maximum absolute atomic E-state index is 11.3. The molecule has 1 aromatic rings. The van der Waals surface area contributed by atoms with E-state index in [-0.39, 0.29) is 11.8 Å². The third-order valence-corrected chi connectivity index (χ3v) is 4.27. The minimum absolute atomic E-state index is 0.0218. The van der Waals surface area contributed by atoms with Gasteiger partial charge in [0.05, 0.1) is 12.8 Å². The number of carbonyl (C=O) groups is 1. The number of methoxy groups -OCH3 is 1. The standard InChI is InChI=1S/C16H20N2O2S/c1-10(7-13-11(2)8-16(19)18-17-13)12-5-6-14(20-3)15(9-12)21-4/h5-7,9,11H,8H2,1-4H3,(H,18,19). The number of carbonyl (C=O) groups excluding carboxylic acids is 1. The van der Waals surface area contributed by atoms with E-state index >= 15 is 0 Å². The minimum Gasteiger partial charge on any atom is -0.496 e. The highest BCUT2D eigenvalue weighted by Gasteiger charge is 2.18. The number of hydrogen-bond acceptors (Lipinski definition) is 4. The van der Waals surface area contributed by atoms with Gasteiger partial charge < -0.3 is 4.74 Å². The number of benzene rings is 1. The molecule has 0 saturated heterocycles. The molecule has 1 amide bonds. The predicted octanol–water partition coefficient (Wildman–Crippen LogP) is 3.33. The van der Waals surface area contributed by atoms with E-state index in [0.29, 0.717) is 6.42 Å². The Bertz CT molecular complexity index is 608. The molecule has 0 radical (unpaired) electrons. The van der Waals surface area contributed by atoms with Crippen molar-refractivity contribution in [2.45, 2.75) is 25.2 Å². The van der Waals surface area contributed by atoms with Crippen LogP contribution in [-0.4, -0.2) is 25.0 Å². The maximum Gasteiger partial charge on any atom is 0.240 e. The second-order valence-corrected chi connectivity index (χ2v) is 5.92. The zero-order valence-corrected chi connectivity index (χ0v) is 13.6. The molecule has 1 aliphatic heterocycles. The van der Waals surface area contributed by atoms with Crippen LogP contribution in [0.5, 0.6) is 5.75 Å². The highest BCUT2D eigenvalue weighted by Crippen LogP contribution is 2.30. The average Bonchev–Trinajstić information content (AvgIpc) is 2.49. The van der Waals surface area contributed by atoms with Gasteiger partial charge in [0.1, 0.15) is 5.75 Å². The van der Waals surface area contributed by atoms with E-state index in [4.69, 9.17) is 4.74 Å². The monoisotopic (exact) mass is 304 g/mol. The van der Waals surface area contributed by atoms with Crippen LogP contribution in [0.3, 0.4) is 0 Å². The number of thioether (sulfide) groups is 1. The summed E-state index contributed by atoms with van der Waals surface area (Å²) >= 11 is 1.66. The minimum atomic E-state index is -0.0218. The molecule has 1 aromatic carbocycles. The van der Waals surface area contributed by atoms with E-state index in [0.717, 1.165) is 27.5 Å². The number of hydrazone groups is 1. The van der Waals surface area contributed by atoms with Crippen molar-refractivity contribution in [3.63, 3.8) is 0 Å². The molecule has 0 fully saturated rings. The molecule has 1 heterocycles. The lowest BCUT2D eigenvalue weighted by Gasteiger charge is -2.17. The SMILES string of the molecule is COc1ccc(C(C)=CC2=NNC(=O)CC2C)cc1SC. The number of nitrogens with zero attached hydrogens (tertiary/aromatic N) is 1. The maximum atomic E-state index is 11.3. The number of rotatable bonds is 4. The third kappa shape index (κ3) is 3.67. The van der Waals surface area contributed by atoms with Crippen molar-refractivity contribution in [1.29, 1.82) is 0 Å². The Kier molecular flexibility index (Phi) is 5.07. The van der Waals surface area contributed by atoms with E-state index in [1.165, 1.54) is 0 Å². The van der Waals surface area contributed by atoms with Gasteiger partial charge in [0.2, 0.25) is 5.91 Å². The van der Waals surface area contributed by atoms with E-state index in [1.54, 1.807) is 18.9 Å². The van der Waals surface area contributed by atoms with E-state index < -0.39 is 0 Å². The van der Waals surface area contributed by atoms with Gasteiger partial charge in [-0.2, -0.15) is 5.10 Å². The number of hydrogen-bond donors (Lipinski definition) is 1. The lowest BCUT2D eigenvalue weighted by molar-refractivity contribution is -0.121. The second-order valence-electron chi connectivity index (χ2n) is 5.07. The van der Waals surface area contributed by atoms with E-state index in [9.17, 15) is 4.79 Å². The van der Waals surface area contributed by atoms with Crippen LogP contribution in [0.1, 0.15) is 25.8 Å². The smallest absolute Gasteiger partial charge is 0.240 e. The van der Waals surface area contributed by atoms with Crippen molar-refractivity contribution in [2.75, 3.05) is 13.4 Å². The third-order valence-electron chi connectivity index (χ3n) is 3.51. The molecule has 0 aliphatic carbocycles. The molecule has 1 atom stereocenters. The van der Waals surface area contributed by atoms with Crippen molar-refractivity contribution in [2.24, 2.45) is 11.0 Å². The molecule has 4 nitrogen and oxygen atoms in total. The second kappa shape index (κ2) is 6.80. The number of allylic oxidation sites excluding steroid dienone is 2. The van der Waals surface area contributed by atoms with Gasteiger partial charge in [-0.3, -0.25) is 4.79 Å². The van der Waals surface area contributed by atoms with Gasteiger partial charge in [-0.15, -0.1) is 11.8 Å². The highest BCUT2D eigenvalue weighted by atomic mass is 32.2. The Morgan fingerprint density at radius 2 is 2.29 bits per heavy atom. The van der Waals surface area contributed by atoms with Crippen molar-refractivity contribution in [3.8, 4) is 5.75 Å². The van der Waals surface area contributed by atoms with Crippen LogP contribution in [0.15, 0.2) is 34.3 Å². The molecular weight excluding hydrogens is 284 g/mol. The molecule has 1 aliphatic rings. The molecule has 1 unspecified atom stereocenters. The Hall–Kier alpha value is -1.75. The van der Waals surface area contributed by atoms with Crippen LogP contribution < -0.4 is 10.2 Å². The fourth-order valence-electron chi connectivity index (χ4n) is 2.23. The predicted molar refractivity (Wildman–Crippen MR) is 87.8 cm³/mol. The normalized spacial score (nSPS) is 19.0. The largest absolute Gasteiger partial charge is 0.496 e. The van der Waals surface area contributed by atoms with Gasteiger partial charge in [-0.1, -0.05) is 13.0 Å². The van der Waals surface area contributed by atoms with Crippen molar-refractivity contribution >= 4 is 29.0 Å². The molecule has 1 N–H and O–H groups in total. The molecule has 5 heteroatoms. The summed E-state index contributed by atoms with van der Waals surface area (Å²) in [5.74, 6) is 1.01. The number of nitrogens with one attached hydrogen (secondary N) is 1. The molecule has 0 spiro atoms. The topological polar surface area (TPSA) is 50.7 Å². The molecule has 0 bridgehead atoms. The summed E-state index contributed by atoms with van der Waals surface area (Å²) in [5.41, 5.74) is 5.70. The van der Waals surface area contributed by atoms with Gasteiger partial charge in [-0.05, 0) is 42.5 Å². The lowest BCUT2D eigenvalue weighted by atomic mass is 9.96. The Labute approximate surface area is 129 Å². The molecule has 21 heavy (non-hydrogen) atoms. The Morgan fingerprint density at radius 3 is 2.90 bits per heavy atom. The van der Waals surface area contributed by atoms with Crippen LogP contribution >= 0.6 is 11.8 Å². The quantitative estimate of drug-likeness (QED) is 0.868. The fraction of sp³-hybridized carbons (Fsp3) is 0.375. The zero-order valence-electron chi connectivity index (χ0n) is 12.8. The first-order valence-corrected chi connectivity index (χ1v) is 8.04. The molecular formula is C16H20N2O2S. The first kappa shape index (κ1) is 15.6. The fourth-order valence-corrected chi connectivity index (χ4v) is 2.82. The summed E-state index contributed by atoms with van der Waals surface area (Å²) in [5, 5.41) is 4.14. The summed E-state index contributed by atoms with van der Waals surface area (Å²) < 4.78 is 5.34. The molecule has 0 aromatic heterocycles. The first-order valence-electron chi connectivity index (χ1n) is 6.82. The highest BCUT2D eigenvalue weighted by molar-refractivity contribution is 7.98.